The van der Waals surface area contributed by atoms with Gasteiger partial charge in [0, 0.05) is 25.4 Å². The summed E-state index contributed by atoms with van der Waals surface area (Å²) in [6.45, 7) is 4.15. The largest absolute Gasteiger partial charge is 0.497 e. The van der Waals surface area contributed by atoms with Gasteiger partial charge in [0.25, 0.3) is 0 Å². The van der Waals surface area contributed by atoms with Crippen LogP contribution in [-0.4, -0.2) is 24.6 Å². The highest BCUT2D eigenvalue weighted by molar-refractivity contribution is 7.07. The normalized spacial score (nSPS) is 11.1. The second-order valence-electron chi connectivity index (χ2n) is 5.96. The minimum atomic E-state index is 0.548. The molecule has 0 amide bonds. The zero-order valence-corrected chi connectivity index (χ0v) is 16.8. The zero-order chi connectivity index (χ0) is 19.6. The van der Waals surface area contributed by atoms with E-state index < -0.39 is 0 Å². The van der Waals surface area contributed by atoms with Crippen molar-refractivity contribution in [1.82, 2.24) is 15.6 Å². The second-order valence-corrected chi connectivity index (χ2v) is 6.74. The lowest BCUT2D eigenvalue weighted by Gasteiger charge is -2.11. The Morgan fingerprint density at radius 2 is 1.86 bits per heavy atom. The molecule has 7 heteroatoms. The summed E-state index contributed by atoms with van der Waals surface area (Å²) in [6.07, 6.45) is 1.80. The van der Waals surface area contributed by atoms with Crippen LogP contribution in [0.2, 0.25) is 0 Å². The Morgan fingerprint density at radius 1 is 1.04 bits per heavy atom. The Morgan fingerprint density at radius 3 is 2.50 bits per heavy atom. The van der Waals surface area contributed by atoms with E-state index in [1.165, 1.54) is 5.56 Å². The highest BCUT2D eigenvalue weighted by atomic mass is 32.1. The van der Waals surface area contributed by atoms with E-state index in [1.54, 1.807) is 24.6 Å². The standard InChI is InChI=1S/C21H24N4O2S/c1-3-22-21(25-14-17-10-11-28-15-17)24-13-16-4-9-20(23-12-16)27-19-7-5-18(26-2)6-8-19/h4-12,15H,3,13-14H2,1-2H3,(H2,22,24,25). The van der Waals surface area contributed by atoms with Gasteiger partial charge in [0.1, 0.15) is 11.5 Å². The van der Waals surface area contributed by atoms with E-state index in [9.17, 15) is 0 Å². The van der Waals surface area contributed by atoms with E-state index in [0.717, 1.165) is 23.8 Å². The molecule has 28 heavy (non-hydrogen) atoms. The first-order valence-corrected chi connectivity index (χ1v) is 10.0. The van der Waals surface area contributed by atoms with Gasteiger partial charge in [-0.15, -0.1) is 0 Å². The zero-order valence-electron chi connectivity index (χ0n) is 16.0. The fourth-order valence-corrected chi connectivity index (χ4v) is 3.08. The predicted molar refractivity (Wildman–Crippen MR) is 113 cm³/mol. The predicted octanol–water partition coefficient (Wildman–Crippen LogP) is 4.20. The average Bonchev–Trinajstić information content (AvgIpc) is 3.25. The van der Waals surface area contributed by atoms with Crippen molar-refractivity contribution in [3.05, 3.63) is 70.5 Å². The molecule has 0 atom stereocenters. The molecular weight excluding hydrogens is 372 g/mol. The van der Waals surface area contributed by atoms with Crippen LogP contribution in [0, 0.1) is 0 Å². The number of nitrogens with one attached hydrogen (secondary N) is 2. The van der Waals surface area contributed by atoms with Crippen molar-refractivity contribution in [2.75, 3.05) is 13.7 Å². The third-order valence-corrected chi connectivity index (χ3v) is 4.62. The fraction of sp³-hybridized carbons (Fsp3) is 0.238. The van der Waals surface area contributed by atoms with Crippen LogP contribution in [0.15, 0.2) is 64.4 Å². The first-order valence-electron chi connectivity index (χ1n) is 9.07. The lowest BCUT2D eigenvalue weighted by atomic mass is 10.3. The van der Waals surface area contributed by atoms with E-state index >= 15 is 0 Å². The highest BCUT2D eigenvalue weighted by Crippen LogP contribution is 2.22. The minimum Gasteiger partial charge on any atom is -0.497 e. The Bertz CT molecular complexity index is 862. The van der Waals surface area contributed by atoms with Gasteiger partial charge in [-0.2, -0.15) is 11.3 Å². The van der Waals surface area contributed by atoms with Crippen LogP contribution in [0.3, 0.4) is 0 Å². The van der Waals surface area contributed by atoms with Crippen molar-refractivity contribution < 1.29 is 9.47 Å². The first-order chi connectivity index (χ1) is 13.8. The summed E-state index contributed by atoms with van der Waals surface area (Å²) in [4.78, 5) is 8.98. The van der Waals surface area contributed by atoms with Gasteiger partial charge >= 0.3 is 0 Å². The van der Waals surface area contributed by atoms with Crippen molar-refractivity contribution in [1.29, 1.82) is 0 Å². The van der Waals surface area contributed by atoms with Gasteiger partial charge in [-0.05, 0) is 59.1 Å². The Balaban J connectivity index is 1.54. The molecule has 0 saturated carbocycles. The van der Waals surface area contributed by atoms with Gasteiger partial charge in [-0.3, -0.25) is 0 Å². The number of hydrogen-bond donors (Lipinski definition) is 2. The summed E-state index contributed by atoms with van der Waals surface area (Å²) >= 11 is 1.68. The Hall–Kier alpha value is -3.06. The first kappa shape index (κ1) is 19.7. The molecule has 2 heterocycles. The number of ether oxygens (including phenoxy) is 2. The van der Waals surface area contributed by atoms with Crippen molar-refractivity contribution in [2.45, 2.75) is 20.0 Å². The highest BCUT2D eigenvalue weighted by Gasteiger charge is 2.02. The molecule has 6 nitrogen and oxygen atoms in total. The number of nitrogens with zero attached hydrogens (tertiary/aromatic N) is 2. The minimum absolute atomic E-state index is 0.548. The van der Waals surface area contributed by atoms with Gasteiger partial charge in [0.05, 0.1) is 13.7 Å². The van der Waals surface area contributed by atoms with Crippen molar-refractivity contribution in [2.24, 2.45) is 4.99 Å². The number of pyridine rings is 1. The molecule has 0 aliphatic rings. The SMILES string of the molecule is CCNC(=NCc1ccsc1)NCc1ccc(Oc2ccc(OC)cc2)nc1. The van der Waals surface area contributed by atoms with E-state index in [1.807, 2.05) is 36.4 Å². The fourth-order valence-electron chi connectivity index (χ4n) is 2.42. The summed E-state index contributed by atoms with van der Waals surface area (Å²) in [7, 11) is 1.64. The molecule has 0 aliphatic heterocycles. The van der Waals surface area contributed by atoms with Crippen molar-refractivity contribution in [3.8, 4) is 17.4 Å². The molecular formula is C21H24N4O2S. The summed E-state index contributed by atoms with van der Waals surface area (Å²) in [5.41, 5.74) is 2.26. The molecule has 0 radical (unpaired) electrons. The molecule has 3 aromatic rings. The molecule has 3 rings (SSSR count). The van der Waals surface area contributed by atoms with Crippen LogP contribution in [0.5, 0.6) is 17.4 Å². The molecule has 0 aliphatic carbocycles. The molecule has 146 valence electrons. The molecule has 0 fully saturated rings. The number of rotatable bonds is 8. The van der Waals surface area contributed by atoms with E-state index in [0.29, 0.717) is 24.7 Å². The van der Waals surface area contributed by atoms with Gasteiger partial charge < -0.3 is 20.1 Å². The van der Waals surface area contributed by atoms with Crippen LogP contribution in [0.1, 0.15) is 18.1 Å². The summed E-state index contributed by atoms with van der Waals surface area (Å²) in [5.74, 6) is 2.84. The van der Waals surface area contributed by atoms with E-state index in [2.05, 4.69) is 44.4 Å². The Labute approximate surface area is 169 Å². The smallest absolute Gasteiger partial charge is 0.219 e. The third-order valence-electron chi connectivity index (χ3n) is 3.88. The number of aromatic nitrogens is 1. The van der Waals surface area contributed by atoms with Crippen LogP contribution in [-0.2, 0) is 13.1 Å². The van der Waals surface area contributed by atoms with E-state index in [4.69, 9.17) is 9.47 Å². The molecule has 0 saturated heterocycles. The summed E-state index contributed by atoms with van der Waals surface area (Å²) in [5, 5.41) is 10.8. The third kappa shape index (κ3) is 5.99. The molecule has 2 N–H and O–H groups in total. The number of hydrogen-bond acceptors (Lipinski definition) is 5. The summed E-state index contributed by atoms with van der Waals surface area (Å²) < 4.78 is 10.9. The van der Waals surface area contributed by atoms with Gasteiger partial charge in [-0.25, -0.2) is 9.98 Å². The second kappa shape index (κ2) is 10.3. The maximum Gasteiger partial charge on any atom is 0.219 e. The molecule has 2 aromatic heterocycles. The van der Waals surface area contributed by atoms with Crippen molar-refractivity contribution in [3.63, 3.8) is 0 Å². The molecule has 0 spiro atoms. The molecule has 0 unspecified atom stereocenters. The number of thiophene rings is 1. The molecule has 0 bridgehead atoms. The van der Waals surface area contributed by atoms with Crippen molar-refractivity contribution >= 4 is 17.3 Å². The van der Waals surface area contributed by atoms with Crippen LogP contribution in [0.4, 0.5) is 0 Å². The van der Waals surface area contributed by atoms with Gasteiger partial charge in [0.2, 0.25) is 5.88 Å². The van der Waals surface area contributed by atoms with Crippen LogP contribution in [0.25, 0.3) is 0 Å². The monoisotopic (exact) mass is 396 g/mol. The average molecular weight is 397 g/mol. The number of aliphatic imine (C=N–C) groups is 1. The van der Waals surface area contributed by atoms with E-state index in [-0.39, 0.29) is 0 Å². The maximum atomic E-state index is 5.75. The number of guanidine groups is 1. The lowest BCUT2D eigenvalue weighted by Crippen LogP contribution is -2.36. The van der Waals surface area contributed by atoms with Gasteiger partial charge in [0.15, 0.2) is 5.96 Å². The lowest BCUT2D eigenvalue weighted by molar-refractivity contribution is 0.412. The van der Waals surface area contributed by atoms with Gasteiger partial charge in [-0.1, -0.05) is 6.07 Å². The summed E-state index contributed by atoms with van der Waals surface area (Å²) in [6, 6.07) is 13.3. The Kier molecular flexibility index (Phi) is 7.26. The quantitative estimate of drug-likeness (QED) is 0.441. The number of methoxy groups -OCH3 is 1. The topological polar surface area (TPSA) is 67.8 Å². The van der Waals surface area contributed by atoms with Crippen LogP contribution >= 0.6 is 11.3 Å². The van der Waals surface area contributed by atoms with Crippen LogP contribution < -0.4 is 20.1 Å². The molecule has 1 aromatic carbocycles. The maximum absolute atomic E-state index is 5.75. The number of benzene rings is 1.